The largest absolute Gasteiger partial charge is 0.472 e. The Bertz CT molecular complexity index is 1900. The molecule has 2 unspecified atom stereocenters. The van der Waals surface area contributed by atoms with Gasteiger partial charge < -0.3 is 18.9 Å². The molecule has 0 radical (unpaired) electrons. The fourth-order valence-corrected chi connectivity index (χ4v) is 12.9. The number of carbonyl (C=O) groups is 2. The summed E-state index contributed by atoms with van der Waals surface area (Å²) in [5.41, 5.74) is 0. The lowest BCUT2D eigenvalue weighted by Crippen LogP contribution is -2.37. The molecule has 0 saturated carbocycles. The predicted molar refractivity (Wildman–Crippen MR) is 418 cm³/mol. The Morgan fingerprint density at radius 2 is 0.594 bits per heavy atom. The molecule has 0 aliphatic heterocycles. The minimum atomic E-state index is -4.40. The number of hydrogen-bond acceptors (Lipinski definition) is 7. The van der Waals surface area contributed by atoms with E-state index in [4.69, 9.17) is 18.5 Å². The zero-order valence-corrected chi connectivity index (χ0v) is 65.0. The van der Waals surface area contributed by atoms with Gasteiger partial charge in [0, 0.05) is 12.8 Å². The maximum Gasteiger partial charge on any atom is 0.472 e. The van der Waals surface area contributed by atoms with Gasteiger partial charge in [0.05, 0.1) is 27.7 Å². The fraction of sp³-hybridized carbons (Fsp3) is 0.814. The molecule has 2 atom stereocenters. The summed E-state index contributed by atoms with van der Waals surface area (Å²) in [6.45, 7) is 4.38. The van der Waals surface area contributed by atoms with Gasteiger partial charge in [-0.15, -0.1) is 0 Å². The Morgan fingerprint density at radius 3 is 0.885 bits per heavy atom. The van der Waals surface area contributed by atoms with Crippen molar-refractivity contribution >= 4 is 19.8 Å². The van der Waals surface area contributed by atoms with Crippen LogP contribution in [-0.4, -0.2) is 74.9 Å². The molecule has 0 aromatic carbocycles. The molecule has 0 fully saturated rings. The molecule has 0 aromatic heterocycles. The standard InChI is InChI=1S/C86H158NO8P/c1-6-8-10-12-14-16-18-20-22-24-26-28-30-32-34-36-38-40-42-43-45-47-49-51-53-55-57-59-61-63-65-67-69-71-73-75-77-79-86(89)95-84(83-94-96(90,91)93-81-80-87(3,4)5)82-92-85(88)78-76-74-72-70-68-66-64-62-60-58-56-54-52-50-48-46-44-41-39-37-35-33-31-29-27-25-23-21-19-17-15-13-11-9-7-2/h8,10,14,16,20,22,26,28,32,34,38,40,43,45,84H,6-7,9,11-13,15,17-19,21,23-25,27,29-31,33,35-37,39,41-42,44,46-83H2,1-5H3/p+1/b10-8-,16-14-,22-20-,28-26-,34-32-,40-38-,45-43-. The third kappa shape index (κ3) is 80.2. The molecule has 0 aliphatic rings. The highest BCUT2D eigenvalue weighted by atomic mass is 31.2. The highest BCUT2D eigenvalue weighted by Gasteiger charge is 2.27. The normalized spacial score (nSPS) is 13.4. The van der Waals surface area contributed by atoms with Crippen LogP contribution < -0.4 is 0 Å². The molecule has 10 heteroatoms. The fourth-order valence-electron chi connectivity index (χ4n) is 12.2. The lowest BCUT2D eigenvalue weighted by atomic mass is 10.0. The van der Waals surface area contributed by atoms with Crippen LogP contribution in [0, 0.1) is 0 Å². The van der Waals surface area contributed by atoms with Crippen molar-refractivity contribution in [2.75, 3.05) is 47.5 Å². The van der Waals surface area contributed by atoms with E-state index in [0.29, 0.717) is 23.9 Å². The number of unbranched alkanes of at least 4 members (excludes halogenated alkanes) is 49. The summed E-state index contributed by atoms with van der Waals surface area (Å²) < 4.78 is 34.9. The van der Waals surface area contributed by atoms with E-state index in [2.05, 4.69) is 98.9 Å². The average Bonchev–Trinajstić information content (AvgIpc) is 2.72. The van der Waals surface area contributed by atoms with Gasteiger partial charge in [-0.2, -0.15) is 0 Å². The number of phosphoric ester groups is 1. The second-order valence-corrected chi connectivity index (χ2v) is 30.6. The van der Waals surface area contributed by atoms with Gasteiger partial charge >= 0.3 is 19.8 Å². The maximum atomic E-state index is 12.9. The van der Waals surface area contributed by atoms with Crippen LogP contribution in [0.4, 0.5) is 0 Å². The Balaban J connectivity index is 3.93. The van der Waals surface area contributed by atoms with Crippen LogP contribution in [0.2, 0.25) is 0 Å². The topological polar surface area (TPSA) is 108 Å². The number of ether oxygens (including phenoxy) is 2. The highest BCUT2D eigenvalue weighted by Crippen LogP contribution is 2.43. The molecule has 0 aliphatic carbocycles. The van der Waals surface area contributed by atoms with Crippen molar-refractivity contribution in [3.05, 3.63) is 85.1 Å². The van der Waals surface area contributed by atoms with Crippen LogP contribution in [0.3, 0.4) is 0 Å². The van der Waals surface area contributed by atoms with Crippen LogP contribution in [0.15, 0.2) is 85.1 Å². The molecule has 1 N–H and O–H groups in total. The van der Waals surface area contributed by atoms with E-state index in [9.17, 15) is 19.0 Å². The van der Waals surface area contributed by atoms with E-state index in [1.165, 1.54) is 289 Å². The van der Waals surface area contributed by atoms with Crippen LogP contribution in [-0.2, 0) is 32.7 Å². The zero-order valence-electron chi connectivity index (χ0n) is 64.1. The first-order valence-electron chi connectivity index (χ1n) is 41.3. The summed E-state index contributed by atoms with van der Waals surface area (Å²) in [5, 5.41) is 0. The van der Waals surface area contributed by atoms with Gasteiger partial charge in [0.1, 0.15) is 19.8 Å². The molecule has 0 rings (SSSR count). The maximum absolute atomic E-state index is 12.9. The molecule has 0 bridgehead atoms. The smallest absolute Gasteiger partial charge is 0.462 e. The SMILES string of the molecule is CC/C=C\C/C=C\C/C=C\C/C=C\C/C=C\C/C=C\C/C=C\CCCCCCCCCCCCCCCCCC(=O)OC(COC(=O)CCCCCCCCCCCCCCCCCCCCCCCCCCCCCCCCCCCCC)COP(=O)(O)OCC[N+](C)(C)C. The summed E-state index contributed by atoms with van der Waals surface area (Å²) in [6.07, 6.45) is 106. The molecule has 0 heterocycles. The molecule has 0 spiro atoms. The minimum absolute atomic E-state index is 0.0319. The Hall–Kier alpha value is -2.81. The number of rotatable bonds is 77. The number of allylic oxidation sites excluding steroid dienone is 14. The average molecular weight is 1370 g/mol. The van der Waals surface area contributed by atoms with E-state index in [-0.39, 0.29) is 25.6 Å². The van der Waals surface area contributed by atoms with Gasteiger partial charge in [-0.3, -0.25) is 18.6 Å². The number of quaternary nitrogens is 1. The summed E-state index contributed by atoms with van der Waals surface area (Å²) in [4.78, 5) is 36.0. The third-order valence-corrected chi connectivity index (χ3v) is 19.4. The van der Waals surface area contributed by atoms with Crippen molar-refractivity contribution < 1.29 is 42.1 Å². The summed E-state index contributed by atoms with van der Waals surface area (Å²) in [7, 11) is 1.49. The van der Waals surface area contributed by atoms with Gasteiger partial charge in [0.2, 0.25) is 0 Å². The highest BCUT2D eigenvalue weighted by molar-refractivity contribution is 7.47. The van der Waals surface area contributed by atoms with Gasteiger partial charge in [0.15, 0.2) is 6.10 Å². The number of esters is 2. The third-order valence-electron chi connectivity index (χ3n) is 18.4. The molecule has 0 amide bonds. The van der Waals surface area contributed by atoms with E-state index in [1.54, 1.807) is 0 Å². The number of hydrogen-bond donors (Lipinski definition) is 1. The first-order chi connectivity index (χ1) is 47.0. The van der Waals surface area contributed by atoms with Crippen LogP contribution in [0.25, 0.3) is 0 Å². The molecule has 0 saturated heterocycles. The minimum Gasteiger partial charge on any atom is -0.462 e. The van der Waals surface area contributed by atoms with Crippen molar-refractivity contribution in [3.8, 4) is 0 Å². The quantitative estimate of drug-likeness (QED) is 0.0211. The molecule has 96 heavy (non-hydrogen) atoms. The van der Waals surface area contributed by atoms with Crippen LogP contribution >= 0.6 is 7.82 Å². The van der Waals surface area contributed by atoms with Crippen molar-refractivity contribution in [3.63, 3.8) is 0 Å². The van der Waals surface area contributed by atoms with Crippen molar-refractivity contribution in [2.24, 2.45) is 0 Å². The Morgan fingerprint density at radius 1 is 0.333 bits per heavy atom. The predicted octanol–water partition coefficient (Wildman–Crippen LogP) is 27.6. The second-order valence-electron chi connectivity index (χ2n) is 29.1. The monoisotopic (exact) mass is 1370 g/mol. The van der Waals surface area contributed by atoms with Gasteiger partial charge in [-0.05, 0) is 70.6 Å². The summed E-state index contributed by atoms with van der Waals surface area (Å²) in [5.74, 6) is -0.779. The lowest BCUT2D eigenvalue weighted by molar-refractivity contribution is -0.870. The van der Waals surface area contributed by atoms with Gasteiger partial charge in [-0.25, -0.2) is 4.57 Å². The lowest BCUT2D eigenvalue weighted by Gasteiger charge is -2.24. The first kappa shape index (κ1) is 93.2. The van der Waals surface area contributed by atoms with E-state index >= 15 is 0 Å². The molecular weight excluding hydrogens is 1210 g/mol. The van der Waals surface area contributed by atoms with E-state index in [1.807, 2.05) is 21.1 Å². The van der Waals surface area contributed by atoms with Gasteiger partial charge in [-0.1, -0.05) is 401 Å². The van der Waals surface area contributed by atoms with Crippen LogP contribution in [0.1, 0.15) is 399 Å². The van der Waals surface area contributed by atoms with E-state index < -0.39 is 26.5 Å². The Kier molecular flexibility index (Phi) is 74.1. The van der Waals surface area contributed by atoms with Crippen LogP contribution in [0.5, 0.6) is 0 Å². The molecule has 9 nitrogen and oxygen atoms in total. The number of likely N-dealkylation sites (N-methyl/N-ethyl adjacent to an activating group) is 1. The molecule has 560 valence electrons. The molecular formula is C86H159NO8P+. The van der Waals surface area contributed by atoms with E-state index in [0.717, 1.165) is 77.0 Å². The van der Waals surface area contributed by atoms with Crippen molar-refractivity contribution in [2.45, 2.75) is 405 Å². The van der Waals surface area contributed by atoms with Gasteiger partial charge in [0.25, 0.3) is 0 Å². The number of phosphoric acid groups is 1. The van der Waals surface area contributed by atoms with Crippen molar-refractivity contribution in [1.82, 2.24) is 0 Å². The summed E-state index contributed by atoms with van der Waals surface area (Å²) >= 11 is 0. The zero-order chi connectivity index (χ0) is 69.7. The summed E-state index contributed by atoms with van der Waals surface area (Å²) in [6, 6.07) is 0. The first-order valence-corrected chi connectivity index (χ1v) is 42.8. The Labute approximate surface area is 596 Å². The second kappa shape index (κ2) is 76.4. The number of nitrogens with zero attached hydrogens (tertiary/aromatic N) is 1. The molecule has 0 aromatic rings. The number of carbonyl (C=O) groups excluding carboxylic acids is 2. The van der Waals surface area contributed by atoms with Crippen molar-refractivity contribution in [1.29, 1.82) is 0 Å².